The van der Waals surface area contributed by atoms with Crippen molar-refractivity contribution in [3.05, 3.63) is 84.4 Å². The Morgan fingerprint density at radius 2 is 1.61 bits per heavy atom. The van der Waals surface area contributed by atoms with E-state index in [1.165, 1.54) is 0 Å². The number of hydrogen-bond acceptors (Lipinski definition) is 4. The zero-order chi connectivity index (χ0) is 19.6. The van der Waals surface area contributed by atoms with Gasteiger partial charge in [-0.1, -0.05) is 36.4 Å². The van der Waals surface area contributed by atoms with Crippen LogP contribution in [0, 0.1) is 0 Å². The second kappa shape index (κ2) is 10.1. The molecule has 3 aromatic carbocycles. The summed E-state index contributed by atoms with van der Waals surface area (Å²) in [5.41, 5.74) is 2.91. The third-order valence-corrected chi connectivity index (χ3v) is 4.02. The first kappa shape index (κ1) is 19.5. The van der Waals surface area contributed by atoms with E-state index in [9.17, 15) is 4.79 Å². The normalized spacial score (nSPS) is 10.3. The van der Waals surface area contributed by atoms with Crippen molar-refractivity contribution in [2.75, 3.05) is 30.5 Å². The van der Waals surface area contributed by atoms with Crippen LogP contribution >= 0.6 is 0 Å². The van der Waals surface area contributed by atoms with Crippen LogP contribution in [0.2, 0.25) is 0 Å². The molecule has 3 aromatic rings. The number of carbonyl (C=O) groups is 1. The molecule has 0 spiro atoms. The molecule has 28 heavy (non-hydrogen) atoms. The summed E-state index contributed by atoms with van der Waals surface area (Å²) in [6.45, 7) is 3.61. The van der Waals surface area contributed by atoms with E-state index < -0.39 is 0 Å². The first-order valence-electron chi connectivity index (χ1n) is 9.29. The van der Waals surface area contributed by atoms with Crippen molar-refractivity contribution in [1.82, 2.24) is 0 Å². The summed E-state index contributed by atoms with van der Waals surface area (Å²) in [6.07, 6.45) is 0. The third-order valence-electron chi connectivity index (χ3n) is 4.02. The summed E-state index contributed by atoms with van der Waals surface area (Å²) in [7, 11) is 0. The molecule has 0 heterocycles. The second-order valence-corrected chi connectivity index (χ2v) is 6.06. The summed E-state index contributed by atoms with van der Waals surface area (Å²) >= 11 is 0. The molecule has 0 saturated carbocycles. The highest BCUT2D eigenvalue weighted by Gasteiger charge is 2.12. The first-order valence-corrected chi connectivity index (χ1v) is 9.29. The van der Waals surface area contributed by atoms with E-state index in [2.05, 4.69) is 10.6 Å². The van der Waals surface area contributed by atoms with Gasteiger partial charge in [0.2, 0.25) is 0 Å². The van der Waals surface area contributed by atoms with Gasteiger partial charge in [0.15, 0.2) is 0 Å². The van der Waals surface area contributed by atoms with Crippen molar-refractivity contribution < 1.29 is 14.3 Å². The highest BCUT2D eigenvalue weighted by Crippen LogP contribution is 2.23. The standard InChI is InChI=1S/C23H24N2O3/c1-2-27-15-16-28-20-12-8-11-19(17-20)25-23(26)21-13-6-7-14-22(21)24-18-9-4-3-5-10-18/h3-14,17,24H,2,15-16H2,1H3,(H,25,26). The molecule has 0 bridgehead atoms. The third kappa shape index (κ3) is 5.59. The fourth-order valence-corrected chi connectivity index (χ4v) is 2.69. The Kier molecular flexibility index (Phi) is 7.04. The minimum atomic E-state index is -0.189. The van der Waals surface area contributed by atoms with Gasteiger partial charge >= 0.3 is 0 Å². The highest BCUT2D eigenvalue weighted by atomic mass is 16.5. The summed E-state index contributed by atoms with van der Waals surface area (Å²) in [4.78, 5) is 12.8. The number of anilines is 3. The van der Waals surface area contributed by atoms with Gasteiger partial charge < -0.3 is 20.1 Å². The van der Waals surface area contributed by atoms with Crippen LogP contribution in [-0.2, 0) is 4.74 Å². The van der Waals surface area contributed by atoms with E-state index >= 15 is 0 Å². The molecule has 0 aliphatic heterocycles. The molecule has 0 aromatic heterocycles. The fraction of sp³-hybridized carbons (Fsp3) is 0.174. The fourth-order valence-electron chi connectivity index (χ4n) is 2.69. The average molecular weight is 376 g/mol. The number of para-hydroxylation sites is 2. The van der Waals surface area contributed by atoms with E-state index in [4.69, 9.17) is 9.47 Å². The Balaban J connectivity index is 1.68. The van der Waals surface area contributed by atoms with Crippen molar-refractivity contribution in [3.63, 3.8) is 0 Å². The molecular weight excluding hydrogens is 352 g/mol. The maximum Gasteiger partial charge on any atom is 0.257 e. The predicted molar refractivity (Wildman–Crippen MR) is 113 cm³/mol. The van der Waals surface area contributed by atoms with Gasteiger partial charge in [-0.2, -0.15) is 0 Å². The number of carbonyl (C=O) groups excluding carboxylic acids is 1. The van der Waals surface area contributed by atoms with E-state index in [0.717, 1.165) is 11.4 Å². The van der Waals surface area contributed by atoms with E-state index in [1.807, 2.05) is 73.7 Å². The molecule has 5 heteroatoms. The lowest BCUT2D eigenvalue weighted by Crippen LogP contribution is -2.14. The molecule has 1 amide bonds. The Morgan fingerprint density at radius 3 is 2.43 bits per heavy atom. The molecule has 0 saturated heterocycles. The Hall–Kier alpha value is -3.31. The number of rotatable bonds is 9. The van der Waals surface area contributed by atoms with E-state index in [0.29, 0.717) is 36.8 Å². The zero-order valence-electron chi connectivity index (χ0n) is 15.9. The van der Waals surface area contributed by atoms with Crippen LogP contribution < -0.4 is 15.4 Å². The van der Waals surface area contributed by atoms with Gasteiger partial charge in [-0.3, -0.25) is 4.79 Å². The topological polar surface area (TPSA) is 59.6 Å². The van der Waals surface area contributed by atoms with Gasteiger partial charge in [0, 0.05) is 24.0 Å². The second-order valence-electron chi connectivity index (χ2n) is 6.06. The van der Waals surface area contributed by atoms with Crippen molar-refractivity contribution >= 4 is 23.0 Å². The van der Waals surface area contributed by atoms with Gasteiger partial charge in [0.25, 0.3) is 5.91 Å². The van der Waals surface area contributed by atoms with Crippen molar-refractivity contribution in [3.8, 4) is 5.75 Å². The molecule has 2 N–H and O–H groups in total. The quantitative estimate of drug-likeness (QED) is 0.510. The van der Waals surface area contributed by atoms with Crippen LogP contribution in [0.1, 0.15) is 17.3 Å². The lowest BCUT2D eigenvalue weighted by Gasteiger charge is -2.13. The summed E-state index contributed by atoms with van der Waals surface area (Å²) in [5, 5.41) is 6.23. The number of benzene rings is 3. The Bertz CT molecular complexity index is 897. The van der Waals surface area contributed by atoms with Gasteiger partial charge in [0.1, 0.15) is 12.4 Å². The molecule has 0 aliphatic carbocycles. The summed E-state index contributed by atoms with van der Waals surface area (Å²) in [5.74, 6) is 0.499. The van der Waals surface area contributed by atoms with Crippen LogP contribution in [-0.4, -0.2) is 25.7 Å². The van der Waals surface area contributed by atoms with Crippen molar-refractivity contribution in [2.24, 2.45) is 0 Å². The van der Waals surface area contributed by atoms with Crippen LogP contribution in [0.15, 0.2) is 78.9 Å². The lowest BCUT2D eigenvalue weighted by molar-refractivity contribution is 0.102. The number of amides is 1. The average Bonchev–Trinajstić information content (AvgIpc) is 2.73. The highest BCUT2D eigenvalue weighted by molar-refractivity contribution is 6.08. The zero-order valence-corrected chi connectivity index (χ0v) is 15.9. The number of hydrogen-bond donors (Lipinski definition) is 2. The lowest BCUT2D eigenvalue weighted by atomic mass is 10.1. The summed E-state index contributed by atoms with van der Waals surface area (Å²) in [6, 6.07) is 24.5. The SMILES string of the molecule is CCOCCOc1cccc(NC(=O)c2ccccc2Nc2ccccc2)c1. The number of nitrogens with one attached hydrogen (secondary N) is 2. The van der Waals surface area contributed by atoms with E-state index in [-0.39, 0.29) is 5.91 Å². The van der Waals surface area contributed by atoms with Crippen molar-refractivity contribution in [1.29, 1.82) is 0 Å². The first-order chi connectivity index (χ1) is 13.8. The van der Waals surface area contributed by atoms with Crippen LogP contribution in [0.5, 0.6) is 5.75 Å². The minimum Gasteiger partial charge on any atom is -0.491 e. The maximum atomic E-state index is 12.8. The maximum absolute atomic E-state index is 12.8. The van der Waals surface area contributed by atoms with Crippen LogP contribution in [0.4, 0.5) is 17.1 Å². The van der Waals surface area contributed by atoms with Crippen molar-refractivity contribution in [2.45, 2.75) is 6.92 Å². The Labute approximate surface area is 165 Å². The molecule has 0 fully saturated rings. The molecule has 0 radical (unpaired) electrons. The van der Waals surface area contributed by atoms with Gasteiger partial charge in [-0.25, -0.2) is 0 Å². The van der Waals surface area contributed by atoms with Gasteiger partial charge in [-0.15, -0.1) is 0 Å². The monoisotopic (exact) mass is 376 g/mol. The smallest absolute Gasteiger partial charge is 0.257 e. The minimum absolute atomic E-state index is 0.189. The van der Waals surface area contributed by atoms with E-state index in [1.54, 1.807) is 12.1 Å². The van der Waals surface area contributed by atoms with Gasteiger partial charge in [0.05, 0.1) is 17.9 Å². The van der Waals surface area contributed by atoms with Crippen LogP contribution in [0.3, 0.4) is 0 Å². The Morgan fingerprint density at radius 1 is 0.857 bits per heavy atom. The predicted octanol–water partition coefficient (Wildman–Crippen LogP) is 5.10. The van der Waals surface area contributed by atoms with Gasteiger partial charge in [-0.05, 0) is 43.3 Å². The molecule has 0 aliphatic rings. The van der Waals surface area contributed by atoms with Crippen LogP contribution in [0.25, 0.3) is 0 Å². The molecule has 5 nitrogen and oxygen atoms in total. The molecular formula is C23H24N2O3. The molecule has 0 atom stereocenters. The molecule has 3 rings (SSSR count). The molecule has 0 unspecified atom stereocenters. The molecule has 144 valence electrons. The number of ether oxygens (including phenoxy) is 2. The largest absolute Gasteiger partial charge is 0.491 e. The summed E-state index contributed by atoms with van der Waals surface area (Å²) < 4.78 is 10.9.